The van der Waals surface area contributed by atoms with E-state index < -0.39 is 0 Å². The van der Waals surface area contributed by atoms with Crippen LogP contribution in [0.2, 0.25) is 0 Å². The van der Waals surface area contributed by atoms with Crippen molar-refractivity contribution < 1.29 is 9.53 Å². The Kier molecular flexibility index (Phi) is 6.81. The summed E-state index contributed by atoms with van der Waals surface area (Å²) in [6, 6.07) is 0. The van der Waals surface area contributed by atoms with Gasteiger partial charge in [0.25, 0.3) is 0 Å². The molecule has 0 rings (SSSR count). The van der Waals surface area contributed by atoms with E-state index in [1.165, 1.54) is 0 Å². The van der Waals surface area contributed by atoms with Gasteiger partial charge in [-0.05, 0) is 11.8 Å². The van der Waals surface area contributed by atoms with E-state index in [4.69, 9.17) is 4.74 Å². The van der Waals surface area contributed by atoms with Crippen LogP contribution in [0.3, 0.4) is 0 Å². The van der Waals surface area contributed by atoms with Crippen molar-refractivity contribution in [3.63, 3.8) is 0 Å². The second-order valence-corrected chi connectivity index (χ2v) is 4.67. The van der Waals surface area contributed by atoms with Gasteiger partial charge in [-0.1, -0.05) is 34.6 Å². The van der Waals surface area contributed by atoms with Crippen LogP contribution >= 0.6 is 0 Å². The van der Waals surface area contributed by atoms with Crippen molar-refractivity contribution in [1.29, 1.82) is 0 Å². The Balaban J connectivity index is 3.43. The van der Waals surface area contributed by atoms with Gasteiger partial charge >= 0.3 is 0 Å². The second kappa shape index (κ2) is 6.99. The molecule has 0 radical (unpaired) electrons. The molecule has 14 heavy (non-hydrogen) atoms. The first kappa shape index (κ1) is 13.6. The standard InChI is InChI=1S/C12H24O2/c1-9(2)11(5)8-14-7-6-12(13)10(3)4/h9-11H,6-8H2,1-5H3. The average Bonchev–Trinajstić information content (AvgIpc) is 2.11. The maximum atomic E-state index is 11.2. The van der Waals surface area contributed by atoms with Gasteiger partial charge in [0.05, 0.1) is 6.61 Å². The fourth-order valence-corrected chi connectivity index (χ4v) is 0.923. The van der Waals surface area contributed by atoms with E-state index in [0.717, 1.165) is 6.61 Å². The average molecular weight is 200 g/mol. The third kappa shape index (κ3) is 6.14. The Morgan fingerprint density at radius 2 is 1.71 bits per heavy atom. The van der Waals surface area contributed by atoms with Gasteiger partial charge in [-0.3, -0.25) is 4.79 Å². The molecule has 0 saturated carbocycles. The summed E-state index contributed by atoms with van der Waals surface area (Å²) < 4.78 is 5.46. The van der Waals surface area contributed by atoms with E-state index in [0.29, 0.717) is 30.6 Å². The lowest BCUT2D eigenvalue weighted by atomic mass is 9.99. The molecule has 0 saturated heterocycles. The fourth-order valence-electron chi connectivity index (χ4n) is 0.923. The fraction of sp³-hybridized carbons (Fsp3) is 0.917. The summed E-state index contributed by atoms with van der Waals surface area (Å²) in [6.07, 6.45) is 0.558. The number of Topliss-reactive ketones (excluding diaryl/α,β-unsaturated/α-hetero) is 1. The van der Waals surface area contributed by atoms with Gasteiger partial charge in [0, 0.05) is 18.9 Å². The Morgan fingerprint density at radius 3 is 2.14 bits per heavy atom. The molecule has 1 atom stereocenters. The summed E-state index contributed by atoms with van der Waals surface area (Å²) >= 11 is 0. The third-order valence-electron chi connectivity index (χ3n) is 2.66. The van der Waals surface area contributed by atoms with Crippen LogP contribution in [0.15, 0.2) is 0 Å². The number of rotatable bonds is 7. The van der Waals surface area contributed by atoms with Crippen molar-refractivity contribution in [1.82, 2.24) is 0 Å². The van der Waals surface area contributed by atoms with Crippen LogP contribution in [0.5, 0.6) is 0 Å². The summed E-state index contributed by atoms with van der Waals surface area (Å²) in [5.74, 6) is 1.66. The molecule has 0 fully saturated rings. The molecular formula is C12H24O2. The Labute approximate surface area is 88.0 Å². The van der Waals surface area contributed by atoms with E-state index in [1.807, 2.05) is 13.8 Å². The second-order valence-electron chi connectivity index (χ2n) is 4.67. The van der Waals surface area contributed by atoms with Gasteiger partial charge in [-0.25, -0.2) is 0 Å². The Bertz CT molecular complexity index is 162. The highest BCUT2D eigenvalue weighted by atomic mass is 16.5. The van der Waals surface area contributed by atoms with Gasteiger partial charge < -0.3 is 4.74 Å². The van der Waals surface area contributed by atoms with Crippen molar-refractivity contribution >= 4 is 5.78 Å². The van der Waals surface area contributed by atoms with E-state index in [-0.39, 0.29) is 5.92 Å². The highest BCUT2D eigenvalue weighted by molar-refractivity contribution is 5.80. The lowest BCUT2D eigenvalue weighted by Crippen LogP contribution is -2.15. The molecule has 2 heteroatoms. The molecule has 0 aromatic heterocycles. The van der Waals surface area contributed by atoms with Gasteiger partial charge in [0.2, 0.25) is 0 Å². The molecule has 84 valence electrons. The first-order valence-corrected chi connectivity index (χ1v) is 5.55. The minimum atomic E-state index is 0.140. The quantitative estimate of drug-likeness (QED) is 0.591. The van der Waals surface area contributed by atoms with Crippen molar-refractivity contribution in [3.8, 4) is 0 Å². The summed E-state index contributed by atoms with van der Waals surface area (Å²) in [4.78, 5) is 11.2. The maximum Gasteiger partial charge on any atom is 0.137 e. The molecule has 0 aliphatic carbocycles. The number of carbonyl (C=O) groups is 1. The topological polar surface area (TPSA) is 26.3 Å². The van der Waals surface area contributed by atoms with Gasteiger partial charge in [0.15, 0.2) is 0 Å². The maximum absolute atomic E-state index is 11.2. The molecule has 0 bridgehead atoms. The predicted octanol–water partition coefficient (Wildman–Crippen LogP) is 2.91. The Morgan fingerprint density at radius 1 is 1.14 bits per heavy atom. The lowest BCUT2D eigenvalue weighted by Gasteiger charge is -2.15. The molecule has 0 aromatic carbocycles. The molecule has 0 N–H and O–H groups in total. The zero-order chi connectivity index (χ0) is 11.1. The molecule has 0 heterocycles. The van der Waals surface area contributed by atoms with Crippen LogP contribution in [-0.4, -0.2) is 19.0 Å². The minimum absolute atomic E-state index is 0.140. The van der Waals surface area contributed by atoms with Crippen molar-refractivity contribution in [2.45, 2.75) is 41.0 Å². The summed E-state index contributed by atoms with van der Waals surface area (Å²) in [5, 5.41) is 0. The third-order valence-corrected chi connectivity index (χ3v) is 2.66. The van der Waals surface area contributed by atoms with E-state index in [9.17, 15) is 4.79 Å². The van der Waals surface area contributed by atoms with Gasteiger partial charge in [-0.2, -0.15) is 0 Å². The van der Waals surface area contributed by atoms with Crippen LogP contribution in [0.25, 0.3) is 0 Å². The van der Waals surface area contributed by atoms with Gasteiger partial charge in [-0.15, -0.1) is 0 Å². The summed E-state index contributed by atoms with van der Waals surface area (Å²) in [5.41, 5.74) is 0. The van der Waals surface area contributed by atoms with Crippen LogP contribution < -0.4 is 0 Å². The lowest BCUT2D eigenvalue weighted by molar-refractivity contribution is -0.123. The molecular weight excluding hydrogens is 176 g/mol. The largest absolute Gasteiger partial charge is 0.381 e. The zero-order valence-electron chi connectivity index (χ0n) is 10.2. The number of ether oxygens (including phenoxy) is 1. The van der Waals surface area contributed by atoms with Crippen molar-refractivity contribution in [3.05, 3.63) is 0 Å². The van der Waals surface area contributed by atoms with Crippen LogP contribution in [0, 0.1) is 17.8 Å². The molecule has 1 unspecified atom stereocenters. The highest BCUT2D eigenvalue weighted by Gasteiger charge is 2.09. The smallest absolute Gasteiger partial charge is 0.137 e. The number of hydrogen-bond donors (Lipinski definition) is 0. The molecule has 2 nitrogen and oxygen atoms in total. The number of hydrogen-bond acceptors (Lipinski definition) is 2. The molecule has 0 aliphatic heterocycles. The van der Waals surface area contributed by atoms with Crippen molar-refractivity contribution in [2.75, 3.05) is 13.2 Å². The first-order valence-electron chi connectivity index (χ1n) is 5.55. The molecule has 0 aromatic rings. The van der Waals surface area contributed by atoms with E-state index >= 15 is 0 Å². The first-order chi connectivity index (χ1) is 6.45. The van der Waals surface area contributed by atoms with Crippen LogP contribution in [-0.2, 0) is 9.53 Å². The van der Waals surface area contributed by atoms with Crippen molar-refractivity contribution in [2.24, 2.45) is 17.8 Å². The predicted molar refractivity (Wildman–Crippen MR) is 59.3 cm³/mol. The normalized spacial score (nSPS) is 13.6. The molecule has 0 amide bonds. The van der Waals surface area contributed by atoms with Gasteiger partial charge in [0.1, 0.15) is 5.78 Å². The van der Waals surface area contributed by atoms with Crippen LogP contribution in [0.4, 0.5) is 0 Å². The SMILES string of the molecule is CC(C)C(=O)CCOCC(C)C(C)C. The monoisotopic (exact) mass is 200 g/mol. The number of ketones is 1. The zero-order valence-corrected chi connectivity index (χ0v) is 10.2. The van der Waals surface area contributed by atoms with Crippen LogP contribution in [0.1, 0.15) is 41.0 Å². The van der Waals surface area contributed by atoms with E-state index in [2.05, 4.69) is 20.8 Å². The molecule has 0 aliphatic rings. The Hall–Kier alpha value is -0.370. The molecule has 0 spiro atoms. The summed E-state index contributed by atoms with van der Waals surface area (Å²) in [7, 11) is 0. The highest BCUT2D eigenvalue weighted by Crippen LogP contribution is 2.09. The number of carbonyl (C=O) groups excluding carboxylic acids is 1. The minimum Gasteiger partial charge on any atom is -0.381 e. The summed E-state index contributed by atoms with van der Waals surface area (Å²) in [6.45, 7) is 11.8. The van der Waals surface area contributed by atoms with E-state index in [1.54, 1.807) is 0 Å².